The Morgan fingerprint density at radius 2 is 1.81 bits per heavy atom. The molecule has 1 N–H and O–H groups in total. The number of pyridine rings is 2. The van der Waals surface area contributed by atoms with E-state index in [0.29, 0.717) is 16.3 Å². The van der Waals surface area contributed by atoms with E-state index >= 15 is 0 Å². The molecule has 8 heteroatoms. The van der Waals surface area contributed by atoms with E-state index < -0.39 is 11.7 Å². The van der Waals surface area contributed by atoms with Gasteiger partial charge in [-0.15, -0.1) is 0 Å². The summed E-state index contributed by atoms with van der Waals surface area (Å²) in [5.41, 5.74) is 1.89. The van der Waals surface area contributed by atoms with Crippen LogP contribution in [-0.2, 0) is 6.18 Å². The molecule has 4 nitrogen and oxygen atoms in total. The van der Waals surface area contributed by atoms with Gasteiger partial charge >= 0.3 is 6.18 Å². The summed E-state index contributed by atoms with van der Waals surface area (Å²) in [6.07, 6.45) is 1.19. The molecule has 0 spiro atoms. The molecule has 4 aromatic rings. The van der Waals surface area contributed by atoms with E-state index in [2.05, 4.69) is 20.3 Å². The lowest BCUT2D eigenvalue weighted by Gasteiger charge is -2.08. The molecular formula is C18H11F3N4S. The second-order valence-corrected chi connectivity index (χ2v) is 6.56. The SMILES string of the molecule is FC(F)(F)c1cncc(-c2ccc3nc(Nc4cccnc4)sc3c2)c1. The van der Waals surface area contributed by atoms with Crippen molar-refractivity contribution in [1.82, 2.24) is 15.0 Å². The standard InChI is InChI=1S/C18H11F3N4S/c19-18(20,21)13-6-12(8-23-9-13)11-3-4-15-16(7-11)26-17(25-15)24-14-2-1-5-22-10-14/h1-10H,(H,24,25). The summed E-state index contributed by atoms with van der Waals surface area (Å²) in [5, 5.41) is 3.85. The van der Waals surface area contributed by atoms with E-state index in [4.69, 9.17) is 0 Å². The molecule has 1 aromatic carbocycles. The number of rotatable bonds is 3. The van der Waals surface area contributed by atoms with Gasteiger partial charge in [-0.25, -0.2) is 4.98 Å². The molecule has 0 saturated heterocycles. The van der Waals surface area contributed by atoms with E-state index in [1.807, 2.05) is 18.2 Å². The van der Waals surface area contributed by atoms with Crippen LogP contribution in [0.1, 0.15) is 5.56 Å². The van der Waals surface area contributed by atoms with Crippen molar-refractivity contribution in [3.05, 3.63) is 66.7 Å². The molecule has 130 valence electrons. The first-order chi connectivity index (χ1) is 12.5. The van der Waals surface area contributed by atoms with Gasteiger partial charge in [-0.05, 0) is 35.9 Å². The average Bonchev–Trinajstić information content (AvgIpc) is 3.03. The molecule has 26 heavy (non-hydrogen) atoms. The van der Waals surface area contributed by atoms with Crippen LogP contribution < -0.4 is 5.32 Å². The van der Waals surface area contributed by atoms with Gasteiger partial charge in [0.25, 0.3) is 0 Å². The molecule has 0 radical (unpaired) electrons. The fourth-order valence-corrected chi connectivity index (χ4v) is 3.40. The van der Waals surface area contributed by atoms with Crippen LogP contribution in [0.15, 0.2) is 61.2 Å². The van der Waals surface area contributed by atoms with Crippen LogP contribution in [0, 0.1) is 0 Å². The Morgan fingerprint density at radius 3 is 2.58 bits per heavy atom. The van der Waals surface area contributed by atoms with Gasteiger partial charge in [-0.2, -0.15) is 13.2 Å². The number of hydrogen-bond acceptors (Lipinski definition) is 5. The number of aromatic nitrogens is 3. The predicted octanol–water partition coefficient (Wildman–Crippen LogP) is 5.52. The number of alkyl halides is 3. The van der Waals surface area contributed by atoms with Crippen molar-refractivity contribution >= 4 is 32.4 Å². The summed E-state index contributed by atoms with van der Waals surface area (Å²) in [5.74, 6) is 0. The smallest absolute Gasteiger partial charge is 0.330 e. The van der Waals surface area contributed by atoms with Gasteiger partial charge in [0.15, 0.2) is 5.13 Å². The minimum absolute atomic E-state index is 0.414. The van der Waals surface area contributed by atoms with Gasteiger partial charge in [0.2, 0.25) is 0 Å². The summed E-state index contributed by atoms with van der Waals surface area (Å²) in [6.45, 7) is 0. The van der Waals surface area contributed by atoms with E-state index in [0.717, 1.165) is 28.2 Å². The normalized spacial score (nSPS) is 11.7. The highest BCUT2D eigenvalue weighted by molar-refractivity contribution is 7.22. The molecule has 0 aliphatic heterocycles. The molecule has 0 atom stereocenters. The number of benzene rings is 1. The highest BCUT2D eigenvalue weighted by Crippen LogP contribution is 2.34. The summed E-state index contributed by atoms with van der Waals surface area (Å²) < 4.78 is 39.5. The van der Waals surface area contributed by atoms with Crippen molar-refractivity contribution in [2.24, 2.45) is 0 Å². The molecule has 0 bridgehead atoms. The minimum atomic E-state index is -4.42. The van der Waals surface area contributed by atoms with Crippen molar-refractivity contribution in [3.8, 4) is 11.1 Å². The maximum atomic E-state index is 12.9. The van der Waals surface area contributed by atoms with Gasteiger partial charge in [0.1, 0.15) is 0 Å². The second-order valence-electron chi connectivity index (χ2n) is 5.53. The lowest BCUT2D eigenvalue weighted by atomic mass is 10.1. The molecule has 0 fully saturated rings. The largest absolute Gasteiger partial charge is 0.417 e. The third kappa shape index (κ3) is 3.36. The zero-order chi connectivity index (χ0) is 18.1. The number of fused-ring (bicyclic) bond motifs is 1. The van der Waals surface area contributed by atoms with Crippen molar-refractivity contribution in [2.45, 2.75) is 6.18 Å². The lowest BCUT2D eigenvalue weighted by molar-refractivity contribution is -0.137. The van der Waals surface area contributed by atoms with Crippen LogP contribution in [0.4, 0.5) is 24.0 Å². The van der Waals surface area contributed by atoms with Crippen LogP contribution in [0.3, 0.4) is 0 Å². The van der Waals surface area contributed by atoms with Gasteiger partial charge in [0, 0.05) is 24.2 Å². The predicted molar refractivity (Wildman–Crippen MR) is 95.4 cm³/mol. The second kappa shape index (κ2) is 6.38. The fraction of sp³-hybridized carbons (Fsp3) is 0.0556. The van der Waals surface area contributed by atoms with Crippen molar-refractivity contribution in [2.75, 3.05) is 5.32 Å². The maximum Gasteiger partial charge on any atom is 0.417 e. The monoisotopic (exact) mass is 372 g/mol. The molecule has 3 heterocycles. The molecule has 0 saturated carbocycles. The summed E-state index contributed by atoms with van der Waals surface area (Å²) in [4.78, 5) is 12.2. The molecule has 4 rings (SSSR count). The molecule has 0 amide bonds. The van der Waals surface area contributed by atoms with Gasteiger partial charge in [-0.1, -0.05) is 17.4 Å². The molecular weight excluding hydrogens is 361 g/mol. The minimum Gasteiger partial charge on any atom is -0.330 e. The van der Waals surface area contributed by atoms with Gasteiger partial charge < -0.3 is 5.32 Å². The lowest BCUT2D eigenvalue weighted by Crippen LogP contribution is -2.05. The van der Waals surface area contributed by atoms with E-state index in [1.165, 1.54) is 17.5 Å². The number of halogens is 3. The van der Waals surface area contributed by atoms with Crippen molar-refractivity contribution < 1.29 is 13.2 Å². The van der Waals surface area contributed by atoms with Crippen LogP contribution in [-0.4, -0.2) is 15.0 Å². The molecule has 0 aliphatic rings. The van der Waals surface area contributed by atoms with Crippen molar-refractivity contribution in [1.29, 1.82) is 0 Å². The average molecular weight is 372 g/mol. The summed E-state index contributed by atoms with van der Waals surface area (Å²) in [6, 6.07) is 10.1. The Kier molecular flexibility index (Phi) is 4.04. The van der Waals surface area contributed by atoms with Crippen molar-refractivity contribution in [3.63, 3.8) is 0 Å². The van der Waals surface area contributed by atoms with E-state index in [9.17, 15) is 13.2 Å². The number of anilines is 2. The first-order valence-electron chi connectivity index (χ1n) is 7.59. The number of thiazole rings is 1. The topological polar surface area (TPSA) is 50.7 Å². The third-order valence-corrected chi connectivity index (χ3v) is 4.63. The Bertz CT molecular complexity index is 1060. The van der Waals surface area contributed by atoms with Crippen LogP contribution >= 0.6 is 11.3 Å². The Labute approximate surface area is 150 Å². The summed E-state index contributed by atoms with van der Waals surface area (Å²) >= 11 is 1.42. The van der Waals surface area contributed by atoms with Gasteiger partial charge in [0.05, 0.1) is 27.7 Å². The third-order valence-electron chi connectivity index (χ3n) is 3.70. The molecule has 0 aliphatic carbocycles. The Hall–Kier alpha value is -3.00. The van der Waals surface area contributed by atoms with Crippen LogP contribution in [0.5, 0.6) is 0 Å². The van der Waals surface area contributed by atoms with E-state index in [-0.39, 0.29) is 0 Å². The first kappa shape index (κ1) is 16.5. The molecule has 3 aromatic heterocycles. The highest BCUT2D eigenvalue weighted by atomic mass is 32.1. The number of hydrogen-bond donors (Lipinski definition) is 1. The van der Waals surface area contributed by atoms with E-state index in [1.54, 1.807) is 24.5 Å². The zero-order valence-electron chi connectivity index (χ0n) is 13.2. The van der Waals surface area contributed by atoms with Crippen LogP contribution in [0.25, 0.3) is 21.3 Å². The zero-order valence-corrected chi connectivity index (χ0v) is 14.0. The fourth-order valence-electron chi connectivity index (χ4n) is 2.47. The quantitative estimate of drug-likeness (QED) is 0.515. The number of nitrogens with one attached hydrogen (secondary N) is 1. The van der Waals surface area contributed by atoms with Crippen LogP contribution in [0.2, 0.25) is 0 Å². The van der Waals surface area contributed by atoms with Gasteiger partial charge in [-0.3, -0.25) is 9.97 Å². The molecule has 0 unspecified atom stereocenters. The number of nitrogens with zero attached hydrogens (tertiary/aromatic N) is 3. The Morgan fingerprint density at radius 1 is 0.923 bits per heavy atom. The maximum absolute atomic E-state index is 12.9. The first-order valence-corrected chi connectivity index (χ1v) is 8.41. The Balaban J connectivity index is 1.68. The summed E-state index contributed by atoms with van der Waals surface area (Å²) in [7, 11) is 0. The highest BCUT2D eigenvalue weighted by Gasteiger charge is 2.31.